The number of benzene rings is 2. The van der Waals surface area contributed by atoms with Gasteiger partial charge >= 0.3 is 11.7 Å². The number of nitrogens with zero attached hydrogens (tertiary/aromatic N) is 3. The molecule has 3 aromatic rings. The Balaban J connectivity index is 2.09. The lowest BCUT2D eigenvalue weighted by Gasteiger charge is -2.06. The van der Waals surface area contributed by atoms with E-state index < -0.39 is 0 Å². The van der Waals surface area contributed by atoms with Gasteiger partial charge in [-0.1, -0.05) is 30.3 Å². The number of carbonyl (C=O) groups excluding carboxylic acids is 1. The predicted octanol–water partition coefficient (Wildman–Crippen LogP) is 2.80. The van der Waals surface area contributed by atoms with E-state index in [1.807, 2.05) is 54.6 Å². The zero-order valence-electron chi connectivity index (χ0n) is 15.0. The van der Waals surface area contributed by atoms with Crippen LogP contribution in [0.25, 0.3) is 11.4 Å². The fourth-order valence-electron chi connectivity index (χ4n) is 2.95. The first-order chi connectivity index (χ1) is 13.1. The normalized spacial score (nSPS) is 10.4. The number of aromatic nitrogens is 2. The molecular weight excluding hydrogens is 342 g/mol. The molecule has 0 aliphatic heterocycles. The number of methoxy groups -OCH3 is 1. The number of carbonyl (C=O) groups is 1. The highest BCUT2D eigenvalue weighted by Gasteiger charge is 2.15. The monoisotopic (exact) mass is 361 g/mol. The van der Waals surface area contributed by atoms with E-state index in [0.29, 0.717) is 17.8 Å². The summed E-state index contributed by atoms with van der Waals surface area (Å²) in [6, 6.07) is 18.7. The van der Waals surface area contributed by atoms with Crippen molar-refractivity contribution < 1.29 is 9.53 Å². The van der Waals surface area contributed by atoms with Gasteiger partial charge in [-0.15, -0.1) is 0 Å². The molecule has 1 heterocycles. The zero-order chi connectivity index (χ0) is 19.2. The number of ether oxygens (including phenoxy) is 1. The van der Waals surface area contributed by atoms with Crippen LogP contribution in [0.1, 0.15) is 17.7 Å². The maximum Gasteiger partial charge on any atom is 0.337 e. The molecule has 1 aromatic heterocycles. The molecule has 6 nitrogen and oxygen atoms in total. The second-order valence-electron chi connectivity index (χ2n) is 6.02. The van der Waals surface area contributed by atoms with E-state index in [1.165, 1.54) is 7.11 Å². The molecule has 0 spiro atoms. The van der Waals surface area contributed by atoms with Gasteiger partial charge in [-0.25, -0.2) is 4.79 Å². The minimum atomic E-state index is -0.328. The van der Waals surface area contributed by atoms with E-state index >= 15 is 0 Å². The standard InChI is InChI=1S/C21H19N3O3/c1-27-20(25)11-10-19-15-23(18-9-5-6-16(14-18)12-13-22)21(26)24(19)17-7-3-2-4-8-17/h2-9,14-15H,10-12H2,1H3. The molecule has 0 fully saturated rings. The van der Waals surface area contributed by atoms with Gasteiger partial charge in [0.1, 0.15) is 0 Å². The van der Waals surface area contributed by atoms with Crippen molar-refractivity contribution in [2.45, 2.75) is 19.3 Å². The molecule has 0 N–H and O–H groups in total. The molecule has 0 saturated carbocycles. The van der Waals surface area contributed by atoms with Crippen LogP contribution in [0, 0.1) is 11.3 Å². The minimum absolute atomic E-state index is 0.182. The van der Waals surface area contributed by atoms with Crippen molar-refractivity contribution in [3.05, 3.63) is 82.5 Å². The number of rotatable bonds is 6. The van der Waals surface area contributed by atoms with Gasteiger partial charge in [0.25, 0.3) is 0 Å². The van der Waals surface area contributed by atoms with Crippen molar-refractivity contribution in [2.75, 3.05) is 7.11 Å². The van der Waals surface area contributed by atoms with Crippen molar-refractivity contribution in [2.24, 2.45) is 0 Å². The van der Waals surface area contributed by atoms with Crippen molar-refractivity contribution in [1.29, 1.82) is 5.26 Å². The summed E-state index contributed by atoms with van der Waals surface area (Å²) in [7, 11) is 1.35. The van der Waals surface area contributed by atoms with E-state index in [2.05, 4.69) is 6.07 Å². The summed E-state index contributed by atoms with van der Waals surface area (Å²) < 4.78 is 7.86. The highest BCUT2D eigenvalue weighted by molar-refractivity contribution is 5.69. The average molecular weight is 361 g/mol. The fraction of sp³-hybridized carbons (Fsp3) is 0.190. The molecule has 27 heavy (non-hydrogen) atoms. The third kappa shape index (κ3) is 3.98. The van der Waals surface area contributed by atoms with E-state index in [-0.39, 0.29) is 24.5 Å². The first-order valence-electron chi connectivity index (χ1n) is 8.56. The summed E-state index contributed by atoms with van der Waals surface area (Å²) in [5.41, 5.74) is 2.74. The summed E-state index contributed by atoms with van der Waals surface area (Å²) in [5, 5.41) is 8.91. The Labute approximate surface area is 156 Å². The summed E-state index contributed by atoms with van der Waals surface area (Å²) in [4.78, 5) is 24.7. The van der Waals surface area contributed by atoms with Gasteiger partial charge in [-0.3, -0.25) is 13.9 Å². The number of hydrogen-bond acceptors (Lipinski definition) is 4. The second kappa shape index (κ2) is 8.19. The predicted molar refractivity (Wildman–Crippen MR) is 101 cm³/mol. The number of para-hydroxylation sites is 1. The van der Waals surface area contributed by atoms with Crippen LogP contribution in [0.2, 0.25) is 0 Å². The Hall–Kier alpha value is -3.59. The molecule has 0 radical (unpaired) electrons. The quantitative estimate of drug-likeness (QED) is 0.633. The van der Waals surface area contributed by atoms with Gasteiger partial charge in [0.2, 0.25) is 0 Å². The van der Waals surface area contributed by atoms with Crippen molar-refractivity contribution in [1.82, 2.24) is 9.13 Å². The summed E-state index contributed by atoms with van der Waals surface area (Å²) in [6.07, 6.45) is 2.57. The minimum Gasteiger partial charge on any atom is -0.469 e. The van der Waals surface area contributed by atoms with Crippen LogP contribution in [-0.4, -0.2) is 22.2 Å². The number of esters is 1. The van der Waals surface area contributed by atoms with Crippen LogP contribution >= 0.6 is 0 Å². The second-order valence-corrected chi connectivity index (χ2v) is 6.02. The Morgan fingerprint density at radius 3 is 2.56 bits per heavy atom. The third-order valence-electron chi connectivity index (χ3n) is 4.26. The smallest absolute Gasteiger partial charge is 0.337 e. The largest absolute Gasteiger partial charge is 0.469 e. The Morgan fingerprint density at radius 2 is 1.85 bits per heavy atom. The lowest BCUT2D eigenvalue weighted by atomic mass is 10.1. The number of imidazole rings is 1. The van der Waals surface area contributed by atoms with Crippen molar-refractivity contribution >= 4 is 5.97 Å². The molecule has 0 saturated heterocycles. The number of hydrogen-bond donors (Lipinski definition) is 0. The first-order valence-corrected chi connectivity index (χ1v) is 8.56. The summed E-state index contributed by atoms with van der Waals surface area (Å²) in [5.74, 6) is -0.328. The molecule has 136 valence electrons. The highest BCUT2D eigenvalue weighted by atomic mass is 16.5. The lowest BCUT2D eigenvalue weighted by molar-refractivity contribution is -0.140. The van der Waals surface area contributed by atoms with Gasteiger partial charge in [-0.2, -0.15) is 5.26 Å². The summed E-state index contributed by atoms with van der Waals surface area (Å²) >= 11 is 0. The molecule has 6 heteroatoms. The third-order valence-corrected chi connectivity index (χ3v) is 4.26. The van der Waals surface area contributed by atoms with Crippen molar-refractivity contribution in [3.63, 3.8) is 0 Å². The highest BCUT2D eigenvalue weighted by Crippen LogP contribution is 2.16. The summed E-state index contributed by atoms with van der Waals surface area (Å²) in [6.45, 7) is 0. The van der Waals surface area contributed by atoms with Crippen LogP contribution in [0.5, 0.6) is 0 Å². The Morgan fingerprint density at radius 1 is 1.11 bits per heavy atom. The van der Waals surface area contributed by atoms with Crippen LogP contribution in [0.15, 0.2) is 65.6 Å². The number of nitriles is 1. The van der Waals surface area contributed by atoms with Crippen LogP contribution in [0.4, 0.5) is 0 Å². The van der Waals surface area contributed by atoms with Crippen LogP contribution < -0.4 is 5.69 Å². The van der Waals surface area contributed by atoms with Crippen LogP contribution in [-0.2, 0) is 22.4 Å². The Bertz CT molecular complexity index is 1040. The van der Waals surface area contributed by atoms with Gasteiger partial charge in [0.15, 0.2) is 0 Å². The van der Waals surface area contributed by atoms with E-state index in [4.69, 9.17) is 10.00 Å². The van der Waals surface area contributed by atoms with E-state index in [0.717, 1.165) is 11.3 Å². The van der Waals surface area contributed by atoms with Gasteiger partial charge in [-0.05, 0) is 29.8 Å². The molecule has 0 amide bonds. The maximum absolute atomic E-state index is 13.1. The van der Waals surface area contributed by atoms with E-state index in [1.54, 1.807) is 15.3 Å². The first kappa shape index (κ1) is 18.2. The topological polar surface area (TPSA) is 77.0 Å². The van der Waals surface area contributed by atoms with Gasteiger partial charge < -0.3 is 4.74 Å². The fourth-order valence-corrected chi connectivity index (χ4v) is 2.95. The molecule has 2 aromatic carbocycles. The van der Waals surface area contributed by atoms with E-state index in [9.17, 15) is 9.59 Å². The maximum atomic E-state index is 13.1. The molecule has 3 rings (SSSR count). The SMILES string of the molecule is COC(=O)CCc1cn(-c2cccc(CC#N)c2)c(=O)n1-c1ccccc1. The zero-order valence-corrected chi connectivity index (χ0v) is 15.0. The van der Waals surface area contributed by atoms with Crippen LogP contribution in [0.3, 0.4) is 0 Å². The molecule has 0 atom stereocenters. The molecular formula is C21H19N3O3. The van der Waals surface area contributed by atoms with Gasteiger partial charge in [0, 0.05) is 18.3 Å². The van der Waals surface area contributed by atoms with Crippen molar-refractivity contribution in [3.8, 4) is 17.4 Å². The number of aryl methyl sites for hydroxylation is 1. The molecule has 0 bridgehead atoms. The molecule has 0 aliphatic rings. The lowest BCUT2D eigenvalue weighted by Crippen LogP contribution is -2.23. The Kier molecular flexibility index (Phi) is 5.53. The van der Waals surface area contributed by atoms with Gasteiger partial charge in [0.05, 0.1) is 37.4 Å². The molecule has 0 unspecified atom stereocenters. The average Bonchev–Trinajstić information content (AvgIpc) is 3.03. The molecule has 0 aliphatic carbocycles.